The van der Waals surface area contributed by atoms with Gasteiger partial charge in [0.25, 0.3) is 0 Å². The second-order valence-electron chi connectivity index (χ2n) is 5.58. The first-order valence-electron chi connectivity index (χ1n) is 6.12. The minimum atomic E-state index is -3.80. The number of nitriles is 1. The fraction of sp³-hybridized carbons (Fsp3) is 0.429. The van der Waals surface area contributed by atoms with Gasteiger partial charge in [0.2, 0.25) is 0 Å². The number of hydrogen-bond acceptors (Lipinski definition) is 5. The zero-order valence-electron chi connectivity index (χ0n) is 12.0. The number of carbonyl (C=O) groups is 1. The highest BCUT2D eigenvalue weighted by Crippen LogP contribution is 2.14. The maximum Gasteiger partial charge on any atom is 0.321 e. The molecule has 1 aromatic rings. The molecule has 114 valence electrons. The SMILES string of the molecule is CC(C)(C)OC(=O)CS(=O)(=O)Cc1cc(F)cc(C#N)c1. The fourth-order valence-corrected chi connectivity index (χ4v) is 2.85. The summed E-state index contributed by atoms with van der Waals surface area (Å²) < 4.78 is 42.0. The van der Waals surface area contributed by atoms with Crippen LogP contribution in [-0.4, -0.2) is 25.7 Å². The van der Waals surface area contributed by atoms with E-state index in [4.69, 9.17) is 10.00 Å². The zero-order valence-corrected chi connectivity index (χ0v) is 12.8. The standard InChI is InChI=1S/C14H16FNO4S/c1-14(2,3)20-13(17)9-21(18,19)8-11-4-10(7-16)5-12(15)6-11/h4-6H,8-9H2,1-3H3. The summed E-state index contributed by atoms with van der Waals surface area (Å²) in [4.78, 5) is 11.5. The monoisotopic (exact) mass is 313 g/mol. The smallest absolute Gasteiger partial charge is 0.321 e. The molecule has 1 aromatic carbocycles. The third-order valence-corrected chi connectivity index (χ3v) is 3.68. The van der Waals surface area contributed by atoms with Gasteiger partial charge in [0.1, 0.15) is 17.2 Å². The molecule has 0 heterocycles. The van der Waals surface area contributed by atoms with Gasteiger partial charge in [-0.05, 0) is 44.5 Å². The molecule has 0 aromatic heterocycles. The lowest BCUT2D eigenvalue weighted by atomic mass is 10.1. The van der Waals surface area contributed by atoms with Crippen LogP contribution in [0.2, 0.25) is 0 Å². The molecule has 7 heteroatoms. The van der Waals surface area contributed by atoms with E-state index >= 15 is 0 Å². The average Bonchev–Trinajstić information content (AvgIpc) is 2.23. The summed E-state index contributed by atoms with van der Waals surface area (Å²) in [5.41, 5.74) is -0.632. The summed E-state index contributed by atoms with van der Waals surface area (Å²) in [5, 5.41) is 8.72. The summed E-state index contributed by atoms with van der Waals surface area (Å²) >= 11 is 0. The molecule has 0 saturated carbocycles. The van der Waals surface area contributed by atoms with Gasteiger partial charge in [-0.15, -0.1) is 0 Å². The van der Waals surface area contributed by atoms with E-state index < -0.39 is 38.7 Å². The van der Waals surface area contributed by atoms with E-state index in [1.54, 1.807) is 26.8 Å². The molecule has 0 atom stereocenters. The Labute approximate surface area is 123 Å². The van der Waals surface area contributed by atoms with Gasteiger partial charge in [-0.1, -0.05) is 0 Å². The summed E-state index contributed by atoms with van der Waals surface area (Å²) in [7, 11) is -3.80. The normalized spacial score (nSPS) is 11.8. The van der Waals surface area contributed by atoms with Gasteiger partial charge in [-0.2, -0.15) is 5.26 Å². The predicted molar refractivity (Wildman–Crippen MR) is 74.5 cm³/mol. The Kier molecular flexibility index (Phi) is 5.07. The van der Waals surface area contributed by atoms with Crippen molar-refractivity contribution in [1.29, 1.82) is 5.26 Å². The molecular weight excluding hydrogens is 297 g/mol. The quantitative estimate of drug-likeness (QED) is 0.793. The van der Waals surface area contributed by atoms with Crippen LogP contribution in [0.3, 0.4) is 0 Å². The van der Waals surface area contributed by atoms with E-state index in [1.165, 1.54) is 6.07 Å². The Hall–Kier alpha value is -1.94. The highest BCUT2D eigenvalue weighted by molar-refractivity contribution is 7.91. The van der Waals surface area contributed by atoms with Gasteiger partial charge < -0.3 is 4.74 Å². The van der Waals surface area contributed by atoms with Crippen LogP contribution in [0.25, 0.3) is 0 Å². The molecule has 0 radical (unpaired) electrons. The number of ether oxygens (including phenoxy) is 1. The van der Waals surface area contributed by atoms with E-state index in [-0.39, 0.29) is 11.1 Å². The van der Waals surface area contributed by atoms with Crippen molar-refractivity contribution in [3.8, 4) is 6.07 Å². The maximum absolute atomic E-state index is 13.2. The molecular formula is C14H16FNO4S. The largest absolute Gasteiger partial charge is 0.459 e. The zero-order chi connectivity index (χ0) is 16.3. The third kappa shape index (κ3) is 6.36. The topological polar surface area (TPSA) is 84.2 Å². The van der Waals surface area contributed by atoms with Gasteiger partial charge >= 0.3 is 5.97 Å². The predicted octanol–water partition coefficient (Wildman–Crippen LogP) is 1.95. The molecule has 1 rings (SSSR count). The first-order valence-corrected chi connectivity index (χ1v) is 7.95. The van der Waals surface area contributed by atoms with Crippen molar-refractivity contribution in [1.82, 2.24) is 0 Å². The number of hydrogen-bond donors (Lipinski definition) is 0. The Morgan fingerprint density at radius 3 is 2.48 bits per heavy atom. The minimum Gasteiger partial charge on any atom is -0.459 e. The number of halogens is 1. The maximum atomic E-state index is 13.2. The number of nitrogens with zero attached hydrogens (tertiary/aromatic N) is 1. The van der Waals surface area contributed by atoms with Crippen molar-refractivity contribution in [2.75, 3.05) is 5.75 Å². The lowest BCUT2D eigenvalue weighted by Gasteiger charge is -2.19. The van der Waals surface area contributed by atoms with Gasteiger partial charge in [0.15, 0.2) is 9.84 Å². The van der Waals surface area contributed by atoms with Gasteiger partial charge in [0.05, 0.1) is 17.4 Å². The van der Waals surface area contributed by atoms with Crippen molar-refractivity contribution in [3.05, 3.63) is 35.1 Å². The van der Waals surface area contributed by atoms with E-state index in [0.717, 1.165) is 12.1 Å². The van der Waals surface area contributed by atoms with Crippen molar-refractivity contribution in [2.24, 2.45) is 0 Å². The first-order chi connectivity index (χ1) is 9.50. The summed E-state index contributed by atoms with van der Waals surface area (Å²) in [6.07, 6.45) is 0. The minimum absolute atomic E-state index is 0.0254. The van der Waals surface area contributed by atoms with Crippen LogP contribution in [-0.2, 0) is 25.1 Å². The van der Waals surface area contributed by atoms with Crippen LogP contribution >= 0.6 is 0 Å². The second-order valence-corrected chi connectivity index (χ2v) is 7.64. The highest BCUT2D eigenvalue weighted by atomic mass is 32.2. The molecule has 21 heavy (non-hydrogen) atoms. The van der Waals surface area contributed by atoms with E-state index in [9.17, 15) is 17.6 Å². The number of benzene rings is 1. The lowest BCUT2D eigenvalue weighted by molar-refractivity contribution is -0.151. The first kappa shape index (κ1) is 17.1. The molecule has 0 amide bonds. The molecule has 5 nitrogen and oxygen atoms in total. The molecule has 0 bridgehead atoms. The summed E-state index contributed by atoms with van der Waals surface area (Å²) in [6, 6.07) is 5.04. The Bertz CT molecular complexity index is 684. The second kappa shape index (κ2) is 6.22. The Balaban J connectivity index is 2.84. The van der Waals surface area contributed by atoms with Gasteiger partial charge in [0, 0.05) is 0 Å². The van der Waals surface area contributed by atoms with Gasteiger partial charge in [-0.25, -0.2) is 12.8 Å². The van der Waals surface area contributed by atoms with Crippen LogP contribution < -0.4 is 0 Å². The van der Waals surface area contributed by atoms with Crippen molar-refractivity contribution in [2.45, 2.75) is 32.1 Å². The molecule has 0 aliphatic rings. The van der Waals surface area contributed by atoms with Crippen LogP contribution in [0.1, 0.15) is 31.9 Å². The number of sulfone groups is 1. The molecule has 0 spiro atoms. The molecule has 0 fully saturated rings. The molecule has 0 saturated heterocycles. The number of esters is 1. The number of carbonyl (C=O) groups excluding carboxylic acids is 1. The molecule has 0 N–H and O–H groups in total. The van der Waals surface area contributed by atoms with E-state index in [1.807, 2.05) is 0 Å². The average molecular weight is 313 g/mol. The van der Waals surface area contributed by atoms with Crippen LogP contribution in [0.15, 0.2) is 18.2 Å². The highest BCUT2D eigenvalue weighted by Gasteiger charge is 2.23. The lowest BCUT2D eigenvalue weighted by Crippen LogP contribution is -2.29. The third-order valence-electron chi connectivity index (χ3n) is 2.23. The summed E-state index contributed by atoms with van der Waals surface area (Å²) in [6.45, 7) is 4.88. The van der Waals surface area contributed by atoms with Crippen LogP contribution in [0.4, 0.5) is 4.39 Å². The molecule has 0 aliphatic carbocycles. The van der Waals surface area contributed by atoms with Crippen LogP contribution in [0.5, 0.6) is 0 Å². The fourth-order valence-electron chi connectivity index (χ4n) is 1.65. The molecule has 0 unspecified atom stereocenters. The Morgan fingerprint density at radius 2 is 1.95 bits per heavy atom. The molecule has 0 aliphatic heterocycles. The van der Waals surface area contributed by atoms with Gasteiger partial charge in [-0.3, -0.25) is 4.79 Å². The van der Waals surface area contributed by atoms with Crippen molar-refractivity contribution in [3.63, 3.8) is 0 Å². The van der Waals surface area contributed by atoms with E-state index in [0.29, 0.717) is 0 Å². The Morgan fingerprint density at radius 1 is 1.33 bits per heavy atom. The summed E-state index contributed by atoms with van der Waals surface area (Å²) in [5.74, 6) is -2.88. The number of rotatable bonds is 4. The van der Waals surface area contributed by atoms with E-state index in [2.05, 4.69) is 0 Å². The van der Waals surface area contributed by atoms with Crippen molar-refractivity contribution < 1.29 is 22.3 Å². The van der Waals surface area contributed by atoms with Crippen LogP contribution in [0, 0.1) is 17.1 Å². The van der Waals surface area contributed by atoms with Crippen molar-refractivity contribution >= 4 is 15.8 Å².